The van der Waals surface area contributed by atoms with Crippen molar-refractivity contribution in [1.82, 2.24) is 25.5 Å². The summed E-state index contributed by atoms with van der Waals surface area (Å²) in [5.41, 5.74) is 1.17. The third-order valence-electron chi connectivity index (χ3n) is 3.51. The maximum atomic E-state index is 13.0. The number of amides is 1. The Balaban J connectivity index is 1.68. The molecule has 0 saturated carbocycles. The molecule has 0 aliphatic carbocycles. The van der Waals surface area contributed by atoms with E-state index in [0.29, 0.717) is 28.6 Å². The zero-order valence-corrected chi connectivity index (χ0v) is 13.8. The molecule has 1 aromatic carbocycles. The number of anilines is 1. The molecule has 25 heavy (non-hydrogen) atoms. The lowest BCUT2D eigenvalue weighted by Crippen LogP contribution is -2.26. The fourth-order valence-corrected chi connectivity index (χ4v) is 2.29. The van der Waals surface area contributed by atoms with Gasteiger partial charge in [-0.05, 0) is 36.4 Å². The monoisotopic (exact) mass is 340 g/mol. The van der Waals surface area contributed by atoms with E-state index < -0.39 is 0 Å². The van der Waals surface area contributed by atoms with Crippen molar-refractivity contribution >= 4 is 11.7 Å². The largest absolute Gasteiger partial charge is 0.362 e. The van der Waals surface area contributed by atoms with Gasteiger partial charge in [0.1, 0.15) is 17.5 Å². The highest BCUT2D eigenvalue weighted by Gasteiger charge is 2.14. The molecule has 3 aromatic rings. The third-order valence-corrected chi connectivity index (χ3v) is 3.51. The number of rotatable bonds is 5. The van der Waals surface area contributed by atoms with Crippen LogP contribution >= 0.6 is 0 Å². The molecule has 0 aliphatic heterocycles. The lowest BCUT2D eigenvalue weighted by Gasteiger charge is -2.15. The quantitative estimate of drug-likeness (QED) is 0.742. The van der Waals surface area contributed by atoms with Gasteiger partial charge in [-0.3, -0.25) is 9.89 Å². The van der Waals surface area contributed by atoms with Crippen LogP contribution < -0.4 is 10.2 Å². The van der Waals surface area contributed by atoms with Gasteiger partial charge in [0, 0.05) is 25.9 Å². The fourth-order valence-electron chi connectivity index (χ4n) is 2.29. The van der Waals surface area contributed by atoms with Crippen LogP contribution in [0, 0.1) is 5.82 Å². The smallest absolute Gasteiger partial charge is 0.255 e. The van der Waals surface area contributed by atoms with Crippen molar-refractivity contribution < 1.29 is 9.18 Å². The molecular weight excluding hydrogens is 323 g/mol. The first-order valence-corrected chi connectivity index (χ1v) is 7.62. The van der Waals surface area contributed by atoms with Gasteiger partial charge in [0.2, 0.25) is 0 Å². The van der Waals surface area contributed by atoms with Gasteiger partial charge >= 0.3 is 0 Å². The zero-order valence-electron chi connectivity index (χ0n) is 13.8. The van der Waals surface area contributed by atoms with E-state index in [4.69, 9.17) is 0 Å². The second kappa shape index (κ2) is 7.08. The number of nitrogens with one attached hydrogen (secondary N) is 2. The summed E-state index contributed by atoms with van der Waals surface area (Å²) in [6, 6.07) is 9.31. The Morgan fingerprint density at radius 3 is 2.72 bits per heavy atom. The second-order valence-corrected chi connectivity index (χ2v) is 5.56. The third kappa shape index (κ3) is 3.79. The van der Waals surface area contributed by atoms with Gasteiger partial charge in [0.15, 0.2) is 5.82 Å². The molecule has 2 N–H and O–H groups in total. The molecule has 0 radical (unpaired) electrons. The molecule has 8 heteroatoms. The van der Waals surface area contributed by atoms with Crippen molar-refractivity contribution in [3.05, 3.63) is 59.8 Å². The molecule has 2 heterocycles. The lowest BCUT2D eigenvalue weighted by molar-refractivity contribution is 0.0950. The number of halogens is 1. The summed E-state index contributed by atoms with van der Waals surface area (Å²) in [5, 5.41) is 9.63. The van der Waals surface area contributed by atoms with E-state index >= 15 is 0 Å². The van der Waals surface area contributed by atoms with Gasteiger partial charge in [-0.25, -0.2) is 14.4 Å². The fraction of sp³-hybridized carbons (Fsp3) is 0.176. The number of nitrogens with zero attached hydrogens (tertiary/aromatic N) is 4. The minimum absolute atomic E-state index is 0.189. The Labute approximate surface area is 143 Å². The van der Waals surface area contributed by atoms with Crippen LogP contribution in [0.2, 0.25) is 0 Å². The van der Waals surface area contributed by atoms with E-state index in [1.165, 1.54) is 12.1 Å². The van der Waals surface area contributed by atoms with E-state index in [9.17, 15) is 9.18 Å². The van der Waals surface area contributed by atoms with Gasteiger partial charge in [0.25, 0.3) is 5.91 Å². The predicted molar refractivity (Wildman–Crippen MR) is 91.5 cm³/mol. The topological polar surface area (TPSA) is 86.8 Å². The summed E-state index contributed by atoms with van der Waals surface area (Å²) in [7, 11) is 3.65. The van der Waals surface area contributed by atoms with Crippen LogP contribution in [0.25, 0.3) is 11.4 Å². The SMILES string of the molecule is CN(C)c1ncccc1C(=O)NCc1nc(-c2ccc(F)cc2)n[nH]1. The molecule has 0 atom stereocenters. The minimum atomic E-state index is -0.320. The average molecular weight is 340 g/mol. The number of aromatic nitrogens is 4. The first-order valence-electron chi connectivity index (χ1n) is 7.62. The number of aromatic amines is 1. The van der Waals surface area contributed by atoms with Gasteiger partial charge < -0.3 is 10.2 Å². The number of benzene rings is 1. The van der Waals surface area contributed by atoms with Gasteiger partial charge in [-0.15, -0.1) is 0 Å². The highest BCUT2D eigenvalue weighted by atomic mass is 19.1. The summed E-state index contributed by atoms with van der Waals surface area (Å²) in [6.45, 7) is 0.189. The van der Waals surface area contributed by atoms with Crippen LogP contribution in [-0.4, -0.2) is 40.2 Å². The van der Waals surface area contributed by atoms with Crippen molar-refractivity contribution in [1.29, 1.82) is 0 Å². The molecule has 128 valence electrons. The Kier molecular flexibility index (Phi) is 4.69. The highest BCUT2D eigenvalue weighted by Crippen LogP contribution is 2.16. The molecular formula is C17H17FN6O. The van der Waals surface area contributed by atoms with Crippen molar-refractivity contribution in [3.8, 4) is 11.4 Å². The second-order valence-electron chi connectivity index (χ2n) is 5.56. The first-order chi connectivity index (χ1) is 12.0. The average Bonchev–Trinajstić information content (AvgIpc) is 3.09. The van der Waals surface area contributed by atoms with Crippen molar-refractivity contribution in [2.45, 2.75) is 6.54 Å². The number of H-pyrrole nitrogens is 1. The summed E-state index contributed by atoms with van der Waals surface area (Å²) in [6.07, 6.45) is 1.64. The summed E-state index contributed by atoms with van der Waals surface area (Å²) < 4.78 is 13.0. The van der Waals surface area contributed by atoms with E-state index in [0.717, 1.165) is 0 Å². The Hall–Kier alpha value is -3.29. The first kappa shape index (κ1) is 16.6. The van der Waals surface area contributed by atoms with Crippen molar-refractivity contribution in [2.75, 3.05) is 19.0 Å². The van der Waals surface area contributed by atoms with Crippen LogP contribution in [-0.2, 0) is 6.54 Å². The normalized spacial score (nSPS) is 10.5. The van der Waals surface area contributed by atoms with Gasteiger partial charge in [-0.2, -0.15) is 5.10 Å². The maximum Gasteiger partial charge on any atom is 0.255 e. The predicted octanol–water partition coefficient (Wildman–Crippen LogP) is 2.00. The summed E-state index contributed by atoms with van der Waals surface area (Å²) in [5.74, 6) is 0.962. The van der Waals surface area contributed by atoms with Crippen LogP contribution in [0.4, 0.5) is 10.2 Å². The molecule has 0 bridgehead atoms. The van der Waals surface area contributed by atoms with Crippen molar-refractivity contribution in [2.24, 2.45) is 0 Å². The van der Waals surface area contributed by atoms with Crippen LogP contribution in [0.5, 0.6) is 0 Å². The van der Waals surface area contributed by atoms with E-state index in [1.54, 1.807) is 35.4 Å². The molecule has 0 fully saturated rings. The number of carbonyl (C=O) groups is 1. The van der Waals surface area contributed by atoms with Crippen molar-refractivity contribution in [3.63, 3.8) is 0 Å². The number of carbonyl (C=O) groups excluding carboxylic acids is 1. The number of pyridine rings is 1. The van der Waals surface area contributed by atoms with E-state index in [2.05, 4.69) is 25.5 Å². The zero-order chi connectivity index (χ0) is 17.8. The molecule has 2 aromatic heterocycles. The minimum Gasteiger partial charge on any atom is -0.362 e. The maximum absolute atomic E-state index is 13.0. The Morgan fingerprint density at radius 2 is 2.00 bits per heavy atom. The van der Waals surface area contributed by atoms with Gasteiger partial charge in [0.05, 0.1) is 12.1 Å². The van der Waals surface area contributed by atoms with Crippen LogP contribution in [0.3, 0.4) is 0 Å². The van der Waals surface area contributed by atoms with E-state index in [-0.39, 0.29) is 18.3 Å². The molecule has 0 spiro atoms. The molecule has 0 saturated heterocycles. The lowest BCUT2D eigenvalue weighted by atomic mass is 10.2. The van der Waals surface area contributed by atoms with Gasteiger partial charge in [-0.1, -0.05) is 0 Å². The van der Waals surface area contributed by atoms with Crippen LogP contribution in [0.15, 0.2) is 42.6 Å². The van der Waals surface area contributed by atoms with Crippen LogP contribution in [0.1, 0.15) is 16.2 Å². The Morgan fingerprint density at radius 1 is 1.24 bits per heavy atom. The number of hydrogen-bond acceptors (Lipinski definition) is 5. The number of hydrogen-bond donors (Lipinski definition) is 2. The van der Waals surface area contributed by atoms with E-state index in [1.807, 2.05) is 14.1 Å². The molecule has 7 nitrogen and oxygen atoms in total. The highest BCUT2D eigenvalue weighted by molar-refractivity contribution is 5.98. The summed E-state index contributed by atoms with van der Waals surface area (Å²) in [4.78, 5) is 22.7. The molecule has 3 rings (SSSR count). The molecule has 0 aliphatic rings. The standard InChI is InChI=1S/C17H17FN6O/c1-24(2)16-13(4-3-9-19-16)17(25)20-10-14-21-15(23-22-14)11-5-7-12(18)8-6-11/h3-9H,10H2,1-2H3,(H,20,25)(H,21,22,23). The Bertz CT molecular complexity index is 875. The molecule has 1 amide bonds. The summed E-state index contributed by atoms with van der Waals surface area (Å²) >= 11 is 0. The molecule has 0 unspecified atom stereocenters.